The van der Waals surface area contributed by atoms with Gasteiger partial charge in [-0.1, -0.05) is 17.9 Å². The highest BCUT2D eigenvalue weighted by Crippen LogP contribution is 2.48. The molecule has 0 saturated heterocycles. The fraction of sp³-hybridized carbons (Fsp3) is 0.320. The van der Waals surface area contributed by atoms with E-state index in [-0.39, 0.29) is 23.7 Å². The molecule has 1 amide bonds. The summed E-state index contributed by atoms with van der Waals surface area (Å²) in [7, 11) is 0. The highest BCUT2D eigenvalue weighted by Gasteiger charge is 2.36. The van der Waals surface area contributed by atoms with E-state index in [9.17, 15) is 15.1 Å². The van der Waals surface area contributed by atoms with Crippen molar-refractivity contribution >= 4 is 11.5 Å². The number of hydrogen-bond acceptors (Lipinski definition) is 5. The molecule has 4 N–H and O–H groups in total. The molecule has 34 heavy (non-hydrogen) atoms. The van der Waals surface area contributed by atoms with Gasteiger partial charge in [-0.2, -0.15) is 0 Å². The minimum absolute atomic E-state index is 0.0696. The lowest BCUT2D eigenvalue weighted by molar-refractivity contribution is 0.0994. The molecule has 2 bridgehead atoms. The fourth-order valence-corrected chi connectivity index (χ4v) is 5.18. The van der Waals surface area contributed by atoms with Gasteiger partial charge in [-0.3, -0.25) is 4.79 Å². The number of carbonyl (C=O) groups excluding carboxylic acids is 1. The molecule has 9 heteroatoms. The normalized spacial score (nSPS) is 19.2. The molecule has 0 radical (unpaired) electrons. The van der Waals surface area contributed by atoms with Crippen LogP contribution in [0.5, 0.6) is 0 Å². The van der Waals surface area contributed by atoms with E-state index in [0.29, 0.717) is 47.6 Å². The zero-order chi connectivity index (χ0) is 23.6. The van der Waals surface area contributed by atoms with Crippen molar-refractivity contribution in [2.45, 2.75) is 50.2 Å². The first-order chi connectivity index (χ1) is 16.3. The number of carbonyl (C=O) groups is 1. The molecule has 3 aromatic rings. The van der Waals surface area contributed by atoms with Crippen LogP contribution in [0.15, 0.2) is 30.5 Å². The van der Waals surface area contributed by atoms with Crippen molar-refractivity contribution in [2.24, 2.45) is 5.73 Å². The second kappa shape index (κ2) is 7.30. The lowest BCUT2D eigenvalue weighted by Gasteiger charge is -2.26. The van der Waals surface area contributed by atoms with Gasteiger partial charge in [-0.15, -0.1) is 9.94 Å². The van der Waals surface area contributed by atoms with E-state index in [1.54, 1.807) is 12.1 Å². The number of benzene rings is 1. The Morgan fingerprint density at radius 1 is 1.29 bits per heavy atom. The minimum atomic E-state index is -1.08. The number of aliphatic hydroxyl groups is 1. The van der Waals surface area contributed by atoms with Gasteiger partial charge >= 0.3 is 0 Å². The van der Waals surface area contributed by atoms with Gasteiger partial charge in [-0.05, 0) is 61.4 Å². The largest absolute Gasteiger partial charge is 0.411 e. The predicted octanol–water partition coefficient (Wildman–Crippen LogP) is 2.81. The summed E-state index contributed by atoms with van der Waals surface area (Å²) in [6.45, 7) is 0. The third-order valence-electron chi connectivity index (χ3n) is 7.00. The van der Waals surface area contributed by atoms with Crippen LogP contribution in [-0.4, -0.2) is 41.3 Å². The minimum Gasteiger partial charge on any atom is -0.411 e. The summed E-state index contributed by atoms with van der Waals surface area (Å²) in [5, 5.41) is 24.3. The molecular formula is C25H22FN5O3. The van der Waals surface area contributed by atoms with Crippen molar-refractivity contribution in [3.63, 3.8) is 0 Å². The SMILES string of the molecule is NC(=O)c1nc2n(c1Cc1ccnn1O)C1C=C(C1)c1cc(F)c(C#CC3(O)CCCC3)cc1-2. The summed E-state index contributed by atoms with van der Waals surface area (Å²) in [6.07, 6.45) is 7.29. The molecule has 1 aromatic carbocycles. The molecule has 2 aliphatic heterocycles. The number of aromatic nitrogens is 4. The smallest absolute Gasteiger partial charge is 0.269 e. The van der Waals surface area contributed by atoms with Crippen LogP contribution in [0.4, 0.5) is 4.39 Å². The second-order valence-corrected chi connectivity index (χ2v) is 9.18. The number of primary amides is 1. The average molecular weight is 459 g/mol. The van der Waals surface area contributed by atoms with Gasteiger partial charge in [0.25, 0.3) is 5.91 Å². The molecule has 4 heterocycles. The lowest BCUT2D eigenvalue weighted by Crippen LogP contribution is -2.20. The van der Waals surface area contributed by atoms with Crippen LogP contribution in [0.25, 0.3) is 17.0 Å². The van der Waals surface area contributed by atoms with Crippen LogP contribution in [0.2, 0.25) is 0 Å². The lowest BCUT2D eigenvalue weighted by atomic mass is 9.86. The molecule has 1 saturated carbocycles. The first-order valence-corrected chi connectivity index (χ1v) is 11.3. The maximum absolute atomic E-state index is 15.0. The number of hydrogen-bond donors (Lipinski definition) is 3. The van der Waals surface area contributed by atoms with Crippen LogP contribution in [0, 0.1) is 17.7 Å². The highest BCUT2D eigenvalue weighted by atomic mass is 19.1. The third kappa shape index (κ3) is 3.14. The zero-order valence-corrected chi connectivity index (χ0v) is 18.3. The number of halogens is 1. The summed E-state index contributed by atoms with van der Waals surface area (Å²) >= 11 is 0. The van der Waals surface area contributed by atoms with Crippen molar-refractivity contribution in [2.75, 3.05) is 0 Å². The Kier molecular flexibility index (Phi) is 4.44. The van der Waals surface area contributed by atoms with E-state index in [4.69, 9.17) is 5.73 Å². The summed E-state index contributed by atoms with van der Waals surface area (Å²) in [5.74, 6) is 5.06. The molecular weight excluding hydrogens is 437 g/mol. The Bertz CT molecular complexity index is 1450. The van der Waals surface area contributed by atoms with Crippen molar-refractivity contribution in [1.29, 1.82) is 0 Å². The first kappa shape index (κ1) is 20.7. The molecule has 4 aliphatic rings. The van der Waals surface area contributed by atoms with Crippen molar-refractivity contribution in [3.05, 3.63) is 64.5 Å². The quantitative estimate of drug-likeness (QED) is 0.411. The number of rotatable bonds is 3. The Balaban J connectivity index is 1.52. The van der Waals surface area contributed by atoms with Crippen LogP contribution >= 0.6 is 0 Å². The maximum Gasteiger partial charge on any atom is 0.269 e. The van der Waals surface area contributed by atoms with Crippen LogP contribution in [0.3, 0.4) is 0 Å². The molecule has 0 spiro atoms. The van der Waals surface area contributed by atoms with Crippen molar-refractivity contribution in [1.82, 2.24) is 19.5 Å². The standard InChI is InChI=1S/C25H22FN5O3/c26-20-13-18-15-9-17(10-15)30-21(12-16-4-8-28-31(16)34)22(23(27)32)29-24(30)19(18)11-14(20)3-7-25(33)5-1-2-6-25/h4,8-9,11,13,17,33-34H,1-2,5-6,10,12H2,(H2,27,32). The van der Waals surface area contributed by atoms with Gasteiger partial charge in [0.2, 0.25) is 0 Å². The van der Waals surface area contributed by atoms with Crippen LogP contribution in [0.1, 0.15) is 71.1 Å². The monoisotopic (exact) mass is 459 g/mol. The van der Waals surface area contributed by atoms with E-state index in [1.165, 1.54) is 12.3 Å². The van der Waals surface area contributed by atoms with Gasteiger partial charge in [0.1, 0.15) is 22.9 Å². The summed E-state index contributed by atoms with van der Waals surface area (Å²) in [4.78, 5) is 17.7. The molecule has 1 unspecified atom stereocenters. The first-order valence-electron chi connectivity index (χ1n) is 11.3. The Morgan fingerprint density at radius 2 is 2.06 bits per heavy atom. The molecule has 1 atom stereocenters. The summed E-state index contributed by atoms with van der Waals surface area (Å²) in [5.41, 5.74) is 8.26. The predicted molar refractivity (Wildman–Crippen MR) is 120 cm³/mol. The maximum atomic E-state index is 15.0. The number of allylic oxidation sites excluding steroid dienone is 2. The Morgan fingerprint density at radius 3 is 2.74 bits per heavy atom. The number of imidazole rings is 1. The molecule has 1 fully saturated rings. The Labute approximate surface area is 194 Å². The van der Waals surface area contributed by atoms with E-state index in [0.717, 1.165) is 23.3 Å². The van der Waals surface area contributed by atoms with E-state index < -0.39 is 17.3 Å². The number of amides is 1. The topological polar surface area (TPSA) is 119 Å². The van der Waals surface area contributed by atoms with Crippen LogP contribution in [-0.2, 0) is 6.42 Å². The van der Waals surface area contributed by atoms with Gasteiger partial charge in [0.05, 0.1) is 29.2 Å². The highest BCUT2D eigenvalue weighted by molar-refractivity contribution is 5.94. The van der Waals surface area contributed by atoms with E-state index >= 15 is 4.39 Å². The molecule has 7 rings (SSSR count). The Hall–Kier alpha value is -3.90. The zero-order valence-electron chi connectivity index (χ0n) is 18.3. The number of nitrogens with zero attached hydrogens (tertiary/aromatic N) is 4. The summed E-state index contributed by atoms with van der Waals surface area (Å²) in [6, 6.07) is 4.67. The number of nitrogens with two attached hydrogens (primary N) is 1. The van der Waals surface area contributed by atoms with Gasteiger partial charge in [-0.25, -0.2) is 9.37 Å². The van der Waals surface area contributed by atoms with Gasteiger partial charge < -0.3 is 20.6 Å². The fourth-order valence-electron chi connectivity index (χ4n) is 5.18. The molecule has 2 aliphatic carbocycles. The van der Waals surface area contributed by atoms with E-state index in [1.807, 2.05) is 10.6 Å². The van der Waals surface area contributed by atoms with Crippen molar-refractivity contribution in [3.8, 4) is 23.2 Å². The molecule has 8 nitrogen and oxygen atoms in total. The average Bonchev–Trinajstić information content (AvgIpc) is 3.44. The van der Waals surface area contributed by atoms with Gasteiger partial charge in [0.15, 0.2) is 0 Å². The van der Waals surface area contributed by atoms with Crippen molar-refractivity contribution < 1.29 is 19.5 Å². The molecule has 2 aromatic heterocycles. The second-order valence-electron chi connectivity index (χ2n) is 9.18. The summed E-state index contributed by atoms with van der Waals surface area (Å²) < 4.78 is 17.0. The van der Waals surface area contributed by atoms with E-state index in [2.05, 4.69) is 21.9 Å². The molecule has 172 valence electrons. The van der Waals surface area contributed by atoms with Crippen LogP contribution < -0.4 is 5.73 Å². The third-order valence-corrected chi connectivity index (χ3v) is 7.00. The van der Waals surface area contributed by atoms with Gasteiger partial charge in [0, 0.05) is 12.0 Å².